The van der Waals surface area contributed by atoms with Crippen molar-refractivity contribution in [1.82, 2.24) is 14.1 Å². The Bertz CT molecular complexity index is 2310. The topological polar surface area (TPSA) is 126 Å². The molecule has 3 atom stereocenters. The molecule has 1 fully saturated rings. The van der Waals surface area contributed by atoms with Crippen LogP contribution in [0.5, 0.6) is 11.5 Å². The van der Waals surface area contributed by atoms with Gasteiger partial charge in [-0.25, -0.2) is 4.79 Å². The van der Waals surface area contributed by atoms with E-state index in [9.17, 15) is 27.9 Å². The largest absolute Gasteiger partial charge is 0.497 e. The number of aliphatic hydroxyl groups is 1. The first-order chi connectivity index (χ1) is 26.4. The average molecular weight is 755 g/mol. The van der Waals surface area contributed by atoms with Gasteiger partial charge in [0, 0.05) is 36.3 Å². The molecule has 6 aromatic rings. The number of nitrogens with one attached hydrogen (secondary N) is 1. The number of amides is 1. The van der Waals surface area contributed by atoms with E-state index in [1.165, 1.54) is 22.8 Å². The first-order valence-corrected chi connectivity index (χ1v) is 17.3. The Balaban J connectivity index is 1.18. The molecule has 14 heteroatoms. The molecule has 0 radical (unpaired) electrons. The molecule has 0 aliphatic carbocycles. The highest BCUT2D eigenvalue weighted by molar-refractivity contribution is 5.95. The van der Waals surface area contributed by atoms with E-state index in [1.807, 2.05) is 84.2 Å². The Labute approximate surface area is 313 Å². The lowest BCUT2D eigenvalue weighted by atomic mass is 9.80. The Morgan fingerprint density at radius 2 is 1.51 bits per heavy atom. The van der Waals surface area contributed by atoms with E-state index in [4.69, 9.17) is 18.9 Å². The number of aromatic nitrogens is 3. The van der Waals surface area contributed by atoms with Gasteiger partial charge < -0.3 is 33.9 Å². The summed E-state index contributed by atoms with van der Waals surface area (Å²) in [5.41, 5.74) is 1.94. The van der Waals surface area contributed by atoms with E-state index in [1.54, 1.807) is 44.2 Å². The van der Waals surface area contributed by atoms with Crippen LogP contribution >= 0.6 is 0 Å². The lowest BCUT2D eigenvalue weighted by Crippen LogP contribution is -2.38. The fraction of sp³-hybridized carbons (Fsp3) is 0.244. The number of rotatable bonds is 11. The van der Waals surface area contributed by atoms with Gasteiger partial charge in [0.15, 0.2) is 0 Å². The van der Waals surface area contributed by atoms with Gasteiger partial charge >= 0.3 is 17.8 Å². The van der Waals surface area contributed by atoms with Gasteiger partial charge in [-0.2, -0.15) is 18.2 Å². The minimum atomic E-state index is -5.04. The van der Waals surface area contributed by atoms with Gasteiger partial charge in [0.05, 0.1) is 32.6 Å². The minimum absolute atomic E-state index is 0.0468. The van der Waals surface area contributed by atoms with Crippen molar-refractivity contribution < 1.29 is 42.0 Å². The predicted octanol–water partition coefficient (Wildman–Crippen LogP) is 6.58. The van der Waals surface area contributed by atoms with E-state index in [-0.39, 0.29) is 18.7 Å². The van der Waals surface area contributed by atoms with Gasteiger partial charge in [0.25, 0.3) is 0 Å². The second kappa shape index (κ2) is 15.1. The zero-order valence-corrected chi connectivity index (χ0v) is 30.0. The first-order valence-electron chi connectivity index (χ1n) is 17.3. The van der Waals surface area contributed by atoms with E-state index >= 15 is 0 Å². The first kappa shape index (κ1) is 37.4. The van der Waals surface area contributed by atoms with Crippen LogP contribution in [0.4, 0.5) is 18.9 Å². The number of benzene rings is 4. The van der Waals surface area contributed by atoms with E-state index in [0.29, 0.717) is 33.8 Å². The highest BCUT2D eigenvalue weighted by Crippen LogP contribution is 2.43. The van der Waals surface area contributed by atoms with E-state index < -0.39 is 41.8 Å². The number of hydrogen-bond acceptors (Lipinski definition) is 8. The van der Waals surface area contributed by atoms with E-state index in [2.05, 4.69) is 4.98 Å². The summed E-state index contributed by atoms with van der Waals surface area (Å²) >= 11 is 0. The average Bonchev–Trinajstić information content (AvgIpc) is 3.73. The summed E-state index contributed by atoms with van der Waals surface area (Å²) in [6.07, 6.45) is -6.12. The van der Waals surface area contributed by atoms with Gasteiger partial charge in [0.1, 0.15) is 35.1 Å². The number of anilines is 1. The molecule has 0 spiro atoms. The van der Waals surface area contributed by atoms with Gasteiger partial charge in [-0.15, -0.1) is 0 Å². The normalized spacial score (nSPS) is 17.3. The van der Waals surface area contributed by atoms with Gasteiger partial charge in [0.2, 0.25) is 0 Å². The minimum Gasteiger partial charge on any atom is -0.497 e. The summed E-state index contributed by atoms with van der Waals surface area (Å²) in [5.74, 6) is -0.750. The van der Waals surface area contributed by atoms with Crippen LogP contribution in [-0.4, -0.2) is 64.3 Å². The number of carbonyl (C=O) groups is 1. The molecule has 1 saturated heterocycles. The third-order valence-corrected chi connectivity index (χ3v) is 9.76. The summed E-state index contributed by atoms with van der Waals surface area (Å²) < 4.78 is 65.7. The van der Waals surface area contributed by atoms with Crippen LogP contribution in [0.25, 0.3) is 22.3 Å². The maximum Gasteiger partial charge on any atom is 0.471 e. The zero-order chi connectivity index (χ0) is 38.9. The van der Waals surface area contributed by atoms with Crippen molar-refractivity contribution >= 4 is 22.6 Å². The molecule has 0 unspecified atom stereocenters. The maximum atomic E-state index is 13.4. The number of ether oxygens (including phenoxy) is 4. The molecule has 4 aromatic carbocycles. The molecule has 55 heavy (non-hydrogen) atoms. The van der Waals surface area contributed by atoms with Crippen LogP contribution in [-0.2, 0) is 26.9 Å². The van der Waals surface area contributed by atoms with Crippen molar-refractivity contribution in [2.24, 2.45) is 7.05 Å². The predicted molar refractivity (Wildman–Crippen MR) is 198 cm³/mol. The summed E-state index contributed by atoms with van der Waals surface area (Å²) in [6.45, 7) is -0.0637. The highest BCUT2D eigenvalue weighted by atomic mass is 19.4. The molecule has 1 amide bonds. The Morgan fingerprint density at radius 1 is 0.891 bits per heavy atom. The third-order valence-electron chi connectivity index (χ3n) is 9.76. The molecule has 1 aliphatic rings. The number of aryl methyl sites for hydroxylation is 1. The highest BCUT2D eigenvalue weighted by Gasteiger charge is 2.42. The molecular weight excluding hydrogens is 717 g/mol. The van der Waals surface area contributed by atoms with Gasteiger partial charge in [-0.1, -0.05) is 66.7 Å². The van der Waals surface area contributed by atoms with Crippen molar-refractivity contribution in [2.45, 2.75) is 36.6 Å². The molecule has 0 saturated carbocycles. The number of hydrogen-bond donors (Lipinski definition) is 2. The third kappa shape index (κ3) is 7.31. The van der Waals surface area contributed by atoms with Crippen molar-refractivity contribution in [2.75, 3.05) is 26.1 Å². The number of alkyl halides is 3. The molecule has 284 valence electrons. The molecule has 3 heterocycles. The number of methoxy groups -OCH3 is 2. The van der Waals surface area contributed by atoms with Crippen molar-refractivity contribution in [3.8, 4) is 22.8 Å². The molecular formula is C41H37F3N4O7. The van der Waals surface area contributed by atoms with E-state index in [0.717, 1.165) is 16.7 Å². The summed E-state index contributed by atoms with van der Waals surface area (Å²) in [5, 5.41) is 13.7. The number of nitrogens with zero attached hydrogens (tertiary/aromatic N) is 3. The zero-order valence-electron chi connectivity index (χ0n) is 30.0. The number of halogens is 3. The standard InChI is InChI=1S/C41H37F3N4O7/c1-47-33(25-8-7-11-30(20-25)45-38(50)41(42,43)44)21-26-23-48(39(51)46-37(26)47)36-22-34(49)35(55-36)24-54-40(27-9-5-4-6-10-27,28-12-16-31(52-2)17-13-28)29-14-18-32(53-3)19-15-29/h4-21,23,34-36,49H,22,24H2,1-3H3,(H,45,50)/t34-,35+,36+/m0/s1. The van der Waals surface area contributed by atoms with Crippen LogP contribution < -0.4 is 20.5 Å². The van der Waals surface area contributed by atoms with Crippen LogP contribution in [0.1, 0.15) is 29.3 Å². The molecule has 2 aromatic heterocycles. The Morgan fingerprint density at radius 3 is 2.11 bits per heavy atom. The summed E-state index contributed by atoms with van der Waals surface area (Å²) in [6, 6.07) is 32.4. The number of aliphatic hydroxyl groups excluding tert-OH is 1. The fourth-order valence-corrected chi connectivity index (χ4v) is 6.96. The van der Waals surface area contributed by atoms with Crippen molar-refractivity contribution in [3.63, 3.8) is 0 Å². The Hall–Kier alpha value is -5.96. The Kier molecular flexibility index (Phi) is 10.2. The lowest BCUT2D eigenvalue weighted by Gasteiger charge is -2.37. The molecule has 0 bridgehead atoms. The van der Waals surface area contributed by atoms with Crippen LogP contribution in [0.2, 0.25) is 0 Å². The SMILES string of the molecule is COc1ccc(C(OC[C@H]2O[C@@H](n3cc4cc(-c5cccc(NC(=O)C(F)(F)F)c5)n(C)c4nc3=O)C[C@@H]2O)(c2ccccc2)c2ccc(OC)cc2)cc1. The van der Waals surface area contributed by atoms with Crippen LogP contribution in [0, 0.1) is 0 Å². The van der Waals surface area contributed by atoms with Crippen molar-refractivity contribution in [1.29, 1.82) is 0 Å². The summed E-state index contributed by atoms with van der Waals surface area (Å²) in [7, 11) is 4.86. The number of fused-ring (bicyclic) bond motifs is 1. The van der Waals surface area contributed by atoms with Crippen LogP contribution in [0.15, 0.2) is 120 Å². The second-order valence-corrected chi connectivity index (χ2v) is 13.1. The van der Waals surface area contributed by atoms with Gasteiger partial charge in [-0.05, 0) is 59.2 Å². The van der Waals surface area contributed by atoms with Crippen LogP contribution in [0.3, 0.4) is 0 Å². The molecule has 1 aliphatic heterocycles. The number of carbonyl (C=O) groups excluding carboxylic acids is 1. The van der Waals surface area contributed by atoms with Gasteiger partial charge in [-0.3, -0.25) is 9.36 Å². The second-order valence-electron chi connectivity index (χ2n) is 13.1. The smallest absolute Gasteiger partial charge is 0.471 e. The lowest BCUT2D eigenvalue weighted by molar-refractivity contribution is -0.167. The maximum absolute atomic E-state index is 13.4. The molecule has 7 rings (SSSR count). The monoisotopic (exact) mass is 754 g/mol. The summed E-state index contributed by atoms with van der Waals surface area (Å²) in [4.78, 5) is 29.3. The molecule has 11 nitrogen and oxygen atoms in total. The molecule has 2 N–H and O–H groups in total. The fourth-order valence-electron chi connectivity index (χ4n) is 6.96. The van der Waals surface area contributed by atoms with Crippen molar-refractivity contribution in [3.05, 3.63) is 143 Å². The quantitative estimate of drug-likeness (QED) is 0.142.